The monoisotopic (exact) mass is 227 g/mol. The van der Waals surface area contributed by atoms with Crippen molar-refractivity contribution in [2.24, 2.45) is 11.7 Å². The van der Waals surface area contributed by atoms with E-state index in [9.17, 15) is 0 Å². The molecule has 0 aliphatic heterocycles. The second-order valence-electron chi connectivity index (χ2n) is 5.27. The molecule has 0 unspecified atom stereocenters. The van der Waals surface area contributed by atoms with E-state index in [-0.39, 0.29) is 0 Å². The molecule has 0 aliphatic rings. The summed E-state index contributed by atoms with van der Waals surface area (Å²) >= 11 is 0. The molecule has 0 spiro atoms. The van der Waals surface area contributed by atoms with Crippen molar-refractivity contribution in [3.05, 3.63) is 0 Å². The van der Waals surface area contributed by atoms with Gasteiger partial charge < -0.3 is 5.73 Å². The molecule has 1 nitrogen and oxygen atoms in total. The van der Waals surface area contributed by atoms with Crippen LogP contribution in [0.15, 0.2) is 0 Å². The molecule has 0 rings (SSSR count). The lowest BCUT2D eigenvalue weighted by Crippen LogP contribution is -1.97. The lowest BCUT2D eigenvalue weighted by atomic mass is 9.99. The highest BCUT2D eigenvalue weighted by atomic mass is 14.5. The Hall–Kier alpha value is -0.0400. The molecule has 0 saturated heterocycles. The predicted octanol–water partition coefficient (Wildman–Crippen LogP) is 4.89. The van der Waals surface area contributed by atoms with Crippen LogP contribution in [0, 0.1) is 5.92 Å². The molecule has 1 atom stereocenters. The topological polar surface area (TPSA) is 26.0 Å². The van der Waals surface area contributed by atoms with Gasteiger partial charge in [0.15, 0.2) is 0 Å². The van der Waals surface area contributed by atoms with Crippen LogP contribution in [-0.4, -0.2) is 6.54 Å². The highest BCUT2D eigenvalue weighted by Crippen LogP contribution is 2.14. The van der Waals surface area contributed by atoms with Crippen molar-refractivity contribution in [3.8, 4) is 0 Å². The second-order valence-corrected chi connectivity index (χ2v) is 5.27. The number of rotatable bonds is 12. The van der Waals surface area contributed by atoms with E-state index >= 15 is 0 Å². The lowest BCUT2D eigenvalue weighted by Gasteiger charge is -2.07. The van der Waals surface area contributed by atoms with Gasteiger partial charge in [0.1, 0.15) is 0 Å². The lowest BCUT2D eigenvalue weighted by molar-refractivity contribution is 0.469. The molecule has 0 fully saturated rings. The van der Waals surface area contributed by atoms with E-state index in [0.717, 1.165) is 12.5 Å². The SMILES string of the molecule is CC[C@H](C)CCCCCCCCCCCN. The highest BCUT2D eigenvalue weighted by molar-refractivity contribution is 4.52. The average molecular weight is 227 g/mol. The van der Waals surface area contributed by atoms with Gasteiger partial charge in [-0.25, -0.2) is 0 Å². The molecule has 1 heteroatoms. The van der Waals surface area contributed by atoms with E-state index in [1.165, 1.54) is 70.6 Å². The van der Waals surface area contributed by atoms with Crippen molar-refractivity contribution in [2.75, 3.05) is 6.54 Å². The van der Waals surface area contributed by atoms with E-state index in [0.29, 0.717) is 0 Å². The third-order valence-corrected chi connectivity index (χ3v) is 3.60. The Morgan fingerprint density at radius 1 is 0.750 bits per heavy atom. The van der Waals surface area contributed by atoms with Gasteiger partial charge in [0.25, 0.3) is 0 Å². The molecule has 98 valence electrons. The van der Waals surface area contributed by atoms with Crippen LogP contribution in [0.2, 0.25) is 0 Å². The molecule has 0 aromatic heterocycles. The van der Waals surface area contributed by atoms with Gasteiger partial charge in [-0.1, -0.05) is 78.1 Å². The standard InChI is InChI=1S/C15H33N/c1-3-15(2)13-11-9-7-5-4-6-8-10-12-14-16/h15H,3-14,16H2,1-2H3/t15-/m0/s1. The maximum atomic E-state index is 5.46. The van der Waals surface area contributed by atoms with Gasteiger partial charge in [-0.2, -0.15) is 0 Å². The van der Waals surface area contributed by atoms with Gasteiger partial charge in [-0.05, 0) is 18.9 Å². The number of hydrogen-bond acceptors (Lipinski definition) is 1. The fourth-order valence-electron chi connectivity index (χ4n) is 2.08. The molecule has 2 N–H and O–H groups in total. The third-order valence-electron chi connectivity index (χ3n) is 3.60. The van der Waals surface area contributed by atoms with Gasteiger partial charge in [0, 0.05) is 0 Å². The maximum Gasteiger partial charge on any atom is -0.00773 e. The molecule has 0 aromatic rings. The van der Waals surface area contributed by atoms with Crippen LogP contribution in [0.3, 0.4) is 0 Å². The molecule has 0 heterocycles. The average Bonchev–Trinajstić information content (AvgIpc) is 2.31. The van der Waals surface area contributed by atoms with Crippen LogP contribution in [-0.2, 0) is 0 Å². The summed E-state index contributed by atoms with van der Waals surface area (Å²) in [5, 5.41) is 0. The molecule has 0 amide bonds. The van der Waals surface area contributed by atoms with Gasteiger partial charge in [-0.15, -0.1) is 0 Å². The molecule has 0 bridgehead atoms. The normalized spacial score (nSPS) is 12.9. The molecule has 0 radical (unpaired) electrons. The predicted molar refractivity (Wildman–Crippen MR) is 74.7 cm³/mol. The maximum absolute atomic E-state index is 5.46. The Balaban J connectivity index is 2.93. The summed E-state index contributed by atoms with van der Waals surface area (Å²) in [5.41, 5.74) is 5.46. The molecule has 16 heavy (non-hydrogen) atoms. The fourth-order valence-corrected chi connectivity index (χ4v) is 2.08. The minimum atomic E-state index is 0.871. The second kappa shape index (κ2) is 13.0. The summed E-state index contributed by atoms with van der Waals surface area (Å²) in [6.07, 6.45) is 15.4. The minimum Gasteiger partial charge on any atom is -0.330 e. The van der Waals surface area contributed by atoms with Gasteiger partial charge >= 0.3 is 0 Å². The van der Waals surface area contributed by atoms with Crippen LogP contribution in [0.1, 0.15) is 84.5 Å². The molecular weight excluding hydrogens is 194 g/mol. The van der Waals surface area contributed by atoms with E-state index < -0.39 is 0 Å². The first-order chi connectivity index (χ1) is 7.81. The number of hydrogen-bond donors (Lipinski definition) is 1. The minimum absolute atomic E-state index is 0.871. The van der Waals surface area contributed by atoms with Crippen molar-refractivity contribution < 1.29 is 0 Å². The van der Waals surface area contributed by atoms with Crippen LogP contribution in [0.4, 0.5) is 0 Å². The summed E-state index contributed by atoms with van der Waals surface area (Å²) in [6, 6.07) is 0. The van der Waals surface area contributed by atoms with Crippen molar-refractivity contribution >= 4 is 0 Å². The van der Waals surface area contributed by atoms with Crippen LogP contribution in [0.25, 0.3) is 0 Å². The van der Waals surface area contributed by atoms with Gasteiger partial charge in [-0.3, -0.25) is 0 Å². The first kappa shape index (κ1) is 16.0. The Kier molecular flexibility index (Phi) is 13.0. The largest absolute Gasteiger partial charge is 0.330 e. The van der Waals surface area contributed by atoms with Crippen molar-refractivity contribution in [3.63, 3.8) is 0 Å². The Bertz CT molecular complexity index is 123. The third kappa shape index (κ3) is 12.0. The molecule has 0 saturated carbocycles. The molecule has 0 aliphatic carbocycles. The van der Waals surface area contributed by atoms with E-state index in [1.54, 1.807) is 0 Å². The van der Waals surface area contributed by atoms with E-state index in [4.69, 9.17) is 5.73 Å². The zero-order chi connectivity index (χ0) is 12.1. The molecular formula is C15H33N. The molecule has 0 aromatic carbocycles. The number of nitrogens with two attached hydrogens (primary N) is 1. The van der Waals surface area contributed by atoms with E-state index in [2.05, 4.69) is 13.8 Å². The Morgan fingerprint density at radius 3 is 1.62 bits per heavy atom. The van der Waals surface area contributed by atoms with Crippen molar-refractivity contribution in [2.45, 2.75) is 84.5 Å². The number of unbranched alkanes of at least 4 members (excludes halogenated alkanes) is 8. The summed E-state index contributed by atoms with van der Waals surface area (Å²) in [7, 11) is 0. The van der Waals surface area contributed by atoms with Crippen molar-refractivity contribution in [1.82, 2.24) is 0 Å². The Labute approximate surface area is 103 Å². The quantitative estimate of drug-likeness (QED) is 0.472. The highest BCUT2D eigenvalue weighted by Gasteiger charge is 1.98. The summed E-state index contributed by atoms with van der Waals surface area (Å²) < 4.78 is 0. The van der Waals surface area contributed by atoms with E-state index in [1.807, 2.05) is 0 Å². The zero-order valence-electron chi connectivity index (χ0n) is 11.6. The first-order valence-electron chi connectivity index (χ1n) is 7.51. The summed E-state index contributed by atoms with van der Waals surface area (Å²) in [6.45, 7) is 5.54. The van der Waals surface area contributed by atoms with Crippen LogP contribution >= 0.6 is 0 Å². The van der Waals surface area contributed by atoms with Gasteiger partial charge in [0.05, 0.1) is 0 Å². The Morgan fingerprint density at radius 2 is 1.19 bits per heavy atom. The van der Waals surface area contributed by atoms with Crippen LogP contribution < -0.4 is 5.73 Å². The fraction of sp³-hybridized carbons (Fsp3) is 1.00. The van der Waals surface area contributed by atoms with Crippen LogP contribution in [0.5, 0.6) is 0 Å². The van der Waals surface area contributed by atoms with Crippen molar-refractivity contribution in [1.29, 1.82) is 0 Å². The summed E-state index contributed by atoms with van der Waals surface area (Å²) in [4.78, 5) is 0. The zero-order valence-corrected chi connectivity index (χ0v) is 11.6. The smallest absolute Gasteiger partial charge is 0.00773 e. The van der Waals surface area contributed by atoms with Gasteiger partial charge in [0.2, 0.25) is 0 Å². The summed E-state index contributed by atoms with van der Waals surface area (Å²) in [5.74, 6) is 0.941. The first-order valence-corrected chi connectivity index (χ1v) is 7.51.